The van der Waals surface area contributed by atoms with Crippen LogP contribution in [0.5, 0.6) is 0 Å². The average Bonchev–Trinajstić information content (AvgIpc) is 3.71. The number of nitrogens with zero attached hydrogens (tertiary/aromatic N) is 4. The van der Waals surface area contributed by atoms with Gasteiger partial charge in [-0.3, -0.25) is 4.57 Å². The minimum atomic E-state index is -3.91. The Morgan fingerprint density at radius 2 is 2.02 bits per heavy atom. The molecule has 2 unspecified atom stereocenters. The van der Waals surface area contributed by atoms with Gasteiger partial charge < -0.3 is 43.2 Å². The van der Waals surface area contributed by atoms with E-state index in [0.29, 0.717) is 47.3 Å². The number of benzene rings is 1. The molecule has 258 valence electrons. The minimum absolute atomic E-state index is 0.0158. The Bertz CT molecular complexity index is 1550. The van der Waals surface area contributed by atoms with E-state index >= 15 is 0 Å². The maximum atomic E-state index is 12.4. The van der Waals surface area contributed by atoms with Gasteiger partial charge in [0.2, 0.25) is 0 Å². The Hall–Kier alpha value is -2.23. The predicted octanol–water partition coefficient (Wildman–Crippen LogP) is 5.53. The Balaban J connectivity index is 1.24. The first kappa shape index (κ1) is 34.6. The first-order valence-corrected chi connectivity index (χ1v) is 18.3. The highest BCUT2D eigenvalue weighted by Gasteiger charge is 2.56. The number of halogens is 1. The van der Waals surface area contributed by atoms with Crippen LogP contribution in [0, 0.1) is 0 Å². The van der Waals surface area contributed by atoms with Crippen LogP contribution >= 0.6 is 19.2 Å². The summed E-state index contributed by atoms with van der Waals surface area (Å²) in [4.78, 5) is 19.8. The highest BCUT2D eigenvalue weighted by Crippen LogP contribution is 2.45. The van der Waals surface area contributed by atoms with Crippen molar-refractivity contribution in [3.63, 3.8) is 0 Å². The fourth-order valence-electron chi connectivity index (χ4n) is 5.85. The summed E-state index contributed by atoms with van der Waals surface area (Å²) >= 11 is 6.43. The number of hydrogen-bond donors (Lipinski definition) is 2. The third-order valence-electron chi connectivity index (χ3n) is 8.13. The second-order valence-corrected chi connectivity index (χ2v) is 14.5. The summed E-state index contributed by atoms with van der Waals surface area (Å²) in [6.07, 6.45) is 2.85. The third kappa shape index (κ3) is 8.50. The summed E-state index contributed by atoms with van der Waals surface area (Å²) in [5, 5.41) is 9.39. The van der Waals surface area contributed by atoms with Crippen molar-refractivity contribution in [2.45, 2.75) is 103 Å². The Morgan fingerprint density at radius 1 is 1.19 bits per heavy atom. The lowest BCUT2D eigenvalue weighted by Crippen LogP contribution is -2.33. The van der Waals surface area contributed by atoms with Crippen molar-refractivity contribution in [2.24, 2.45) is 0 Å². The highest BCUT2D eigenvalue weighted by molar-refractivity contribution is 7.52. The van der Waals surface area contributed by atoms with E-state index in [9.17, 15) is 9.46 Å². The molecule has 6 rings (SSSR count). The quantitative estimate of drug-likeness (QED) is 0.151. The molecule has 3 fully saturated rings. The molecule has 0 bridgehead atoms. The molecule has 47 heavy (non-hydrogen) atoms. The standard InChI is InChI=1S/C31H43ClN5O9P/c1-4-5-14-43-47(38,39)19-40-17-23-26-27(46-31(2,3)45-26)30(44-23)37-29-21(16-34-37)28(33-15-20-10-6-7-11-22(20)32)35-24(36-29)18-42-25-12-8-9-13-41-25/h6-7,10-11,16,23,25-27,30H,4-5,8-9,12-15,17-19H2,1-3H3,(H,38,39)(H,33,35,36)/t23-,25?,26-,27-,30-/m1/s1. The smallest absolute Gasteiger partial charge is 0.353 e. The van der Waals surface area contributed by atoms with E-state index < -0.39 is 44.3 Å². The molecular weight excluding hydrogens is 653 g/mol. The van der Waals surface area contributed by atoms with E-state index in [2.05, 4.69) is 10.4 Å². The molecule has 3 saturated heterocycles. The number of ether oxygens (including phenoxy) is 6. The Labute approximate surface area is 278 Å². The number of fused-ring (bicyclic) bond motifs is 2. The van der Waals surface area contributed by atoms with Crippen LogP contribution in [0.15, 0.2) is 30.5 Å². The van der Waals surface area contributed by atoms with Crippen molar-refractivity contribution < 1.29 is 42.4 Å². The first-order chi connectivity index (χ1) is 22.6. The second-order valence-electron chi connectivity index (χ2n) is 12.3. The van der Waals surface area contributed by atoms with Gasteiger partial charge in [0.1, 0.15) is 37.1 Å². The molecule has 2 N–H and O–H groups in total. The van der Waals surface area contributed by atoms with Crippen LogP contribution in [-0.4, -0.2) is 81.2 Å². The summed E-state index contributed by atoms with van der Waals surface area (Å²) in [6, 6.07) is 7.60. The van der Waals surface area contributed by atoms with Gasteiger partial charge in [-0.05, 0) is 51.2 Å². The lowest BCUT2D eigenvalue weighted by atomic mass is 10.1. The van der Waals surface area contributed by atoms with Crippen molar-refractivity contribution >= 4 is 36.0 Å². The van der Waals surface area contributed by atoms with Gasteiger partial charge in [0.15, 0.2) is 29.8 Å². The molecule has 5 heterocycles. The zero-order valence-corrected chi connectivity index (χ0v) is 28.5. The lowest BCUT2D eigenvalue weighted by Gasteiger charge is -2.24. The maximum Gasteiger partial charge on any atom is 0.353 e. The van der Waals surface area contributed by atoms with Gasteiger partial charge in [-0.15, -0.1) is 0 Å². The number of aromatic nitrogens is 4. The van der Waals surface area contributed by atoms with E-state index in [-0.39, 0.29) is 26.1 Å². The van der Waals surface area contributed by atoms with Crippen LogP contribution in [0.1, 0.15) is 70.5 Å². The summed E-state index contributed by atoms with van der Waals surface area (Å²) in [5.41, 5.74) is 1.42. The summed E-state index contributed by atoms with van der Waals surface area (Å²) < 4.78 is 55.6. The van der Waals surface area contributed by atoms with Crippen molar-refractivity contribution in [2.75, 3.05) is 31.5 Å². The molecule has 0 amide bonds. The second kappa shape index (κ2) is 15.1. The molecule has 0 radical (unpaired) electrons. The normalized spacial score (nSPS) is 26.8. The highest BCUT2D eigenvalue weighted by atomic mass is 35.5. The molecule has 14 nitrogen and oxygen atoms in total. The molecule has 3 aliphatic rings. The SMILES string of the molecule is CCCCOP(=O)(O)COC[C@H]1O[C@@H](n2ncc3c(NCc4ccccc4Cl)nc(COC4CCCCO4)nc32)[C@@H]2OC(C)(C)O[C@@H]21. The minimum Gasteiger partial charge on any atom is -0.366 e. The Morgan fingerprint density at radius 3 is 2.81 bits per heavy atom. The molecular formula is C31H43ClN5O9P. The molecule has 3 aliphatic heterocycles. The molecule has 6 atom stereocenters. The molecule has 16 heteroatoms. The Kier molecular flexibility index (Phi) is 11.1. The van der Waals surface area contributed by atoms with Crippen LogP contribution in [0.25, 0.3) is 11.0 Å². The number of nitrogens with one attached hydrogen (secondary N) is 1. The number of hydrogen-bond acceptors (Lipinski definition) is 12. The van der Waals surface area contributed by atoms with Gasteiger partial charge in [-0.1, -0.05) is 43.1 Å². The number of unbranched alkanes of at least 4 members (excludes halogenated alkanes) is 1. The molecule has 0 aliphatic carbocycles. The van der Waals surface area contributed by atoms with Crippen LogP contribution in [-0.2, 0) is 50.7 Å². The van der Waals surface area contributed by atoms with E-state index in [1.807, 2.05) is 45.0 Å². The third-order valence-corrected chi connectivity index (χ3v) is 9.60. The average molecular weight is 696 g/mol. The van der Waals surface area contributed by atoms with Crippen molar-refractivity contribution in [3.8, 4) is 0 Å². The van der Waals surface area contributed by atoms with Gasteiger partial charge in [0, 0.05) is 18.2 Å². The fourth-order valence-corrected chi connectivity index (χ4v) is 6.88. The molecule has 3 aromatic rings. The van der Waals surface area contributed by atoms with Gasteiger partial charge in [-0.2, -0.15) is 5.10 Å². The summed E-state index contributed by atoms with van der Waals surface area (Å²) in [6.45, 7) is 7.02. The van der Waals surface area contributed by atoms with E-state index in [1.165, 1.54) is 0 Å². The van der Waals surface area contributed by atoms with Crippen LogP contribution in [0.2, 0.25) is 5.02 Å². The van der Waals surface area contributed by atoms with E-state index in [0.717, 1.165) is 31.2 Å². The van der Waals surface area contributed by atoms with Gasteiger partial charge in [0.05, 0.1) is 24.8 Å². The largest absolute Gasteiger partial charge is 0.366 e. The lowest BCUT2D eigenvalue weighted by molar-refractivity contribution is -0.202. The first-order valence-electron chi connectivity index (χ1n) is 16.1. The molecule has 1 aromatic carbocycles. The van der Waals surface area contributed by atoms with Crippen molar-refractivity contribution in [3.05, 3.63) is 46.9 Å². The molecule has 2 aromatic heterocycles. The van der Waals surface area contributed by atoms with Crippen LogP contribution in [0.3, 0.4) is 0 Å². The van der Waals surface area contributed by atoms with Gasteiger partial charge >= 0.3 is 7.60 Å². The number of anilines is 1. The molecule has 0 saturated carbocycles. The van der Waals surface area contributed by atoms with Crippen molar-refractivity contribution in [1.82, 2.24) is 19.7 Å². The van der Waals surface area contributed by atoms with Crippen molar-refractivity contribution in [1.29, 1.82) is 0 Å². The van der Waals surface area contributed by atoms with Crippen LogP contribution in [0.4, 0.5) is 5.82 Å². The van der Waals surface area contributed by atoms with Crippen LogP contribution < -0.4 is 5.32 Å². The number of rotatable bonds is 15. The summed E-state index contributed by atoms with van der Waals surface area (Å²) in [5.74, 6) is 0.101. The predicted molar refractivity (Wildman–Crippen MR) is 172 cm³/mol. The van der Waals surface area contributed by atoms with E-state index in [4.69, 9.17) is 54.5 Å². The zero-order chi connectivity index (χ0) is 33.0. The maximum absolute atomic E-state index is 12.4. The van der Waals surface area contributed by atoms with Gasteiger partial charge in [0.25, 0.3) is 0 Å². The topological polar surface area (TPSA) is 158 Å². The monoisotopic (exact) mass is 695 g/mol. The fraction of sp³-hybridized carbons (Fsp3) is 0.645. The molecule has 0 spiro atoms. The van der Waals surface area contributed by atoms with Gasteiger partial charge in [-0.25, -0.2) is 14.6 Å². The zero-order valence-electron chi connectivity index (χ0n) is 26.9. The summed E-state index contributed by atoms with van der Waals surface area (Å²) in [7, 11) is -3.91. The van der Waals surface area contributed by atoms with E-state index in [1.54, 1.807) is 10.9 Å².